The largest absolute Gasteiger partial charge is 0.452 e. The molecular formula is C26H21N3O5. The quantitative estimate of drug-likeness (QED) is 0.242. The summed E-state index contributed by atoms with van der Waals surface area (Å²) in [5.74, 6) is -1.35. The van der Waals surface area contributed by atoms with Gasteiger partial charge >= 0.3 is 5.97 Å². The highest BCUT2D eigenvalue weighted by atomic mass is 16.6. The number of rotatable bonds is 6. The van der Waals surface area contributed by atoms with Gasteiger partial charge in [0.1, 0.15) is 5.69 Å². The highest BCUT2D eigenvalue weighted by Crippen LogP contribution is 2.30. The third-order valence-corrected chi connectivity index (χ3v) is 5.43. The molecule has 170 valence electrons. The molecule has 0 fully saturated rings. The molecule has 0 aliphatic carbocycles. The Morgan fingerprint density at radius 1 is 0.971 bits per heavy atom. The molecular weight excluding hydrogens is 434 g/mol. The molecule has 34 heavy (non-hydrogen) atoms. The predicted molar refractivity (Wildman–Crippen MR) is 129 cm³/mol. The second kappa shape index (κ2) is 9.50. The van der Waals surface area contributed by atoms with Crippen molar-refractivity contribution in [2.45, 2.75) is 13.8 Å². The van der Waals surface area contributed by atoms with E-state index in [1.165, 1.54) is 12.1 Å². The normalized spacial score (nSPS) is 10.6. The van der Waals surface area contributed by atoms with Gasteiger partial charge in [-0.2, -0.15) is 0 Å². The number of nitrogens with one attached hydrogen (secondary N) is 1. The zero-order valence-corrected chi connectivity index (χ0v) is 18.6. The third-order valence-electron chi connectivity index (χ3n) is 5.43. The van der Waals surface area contributed by atoms with Crippen molar-refractivity contribution < 1.29 is 19.2 Å². The maximum Gasteiger partial charge on any atom is 0.339 e. The first-order valence-corrected chi connectivity index (χ1v) is 10.5. The standard InChI is InChI=1S/C26H21N3O5/c1-16-9-8-14-21(29(32)33)24(16)28-22(30)15-34-26(31)23-17(2)25(18-10-4-3-5-11-18)27-20-13-7-6-12-19(20)23/h3-14H,15H2,1-2H3,(H,28,30). The number of benzene rings is 3. The van der Waals surface area contributed by atoms with Crippen molar-refractivity contribution in [3.05, 3.63) is 99.6 Å². The van der Waals surface area contributed by atoms with Crippen molar-refractivity contribution in [3.8, 4) is 11.3 Å². The number of fused-ring (bicyclic) bond motifs is 1. The van der Waals surface area contributed by atoms with Crippen molar-refractivity contribution in [2.75, 3.05) is 11.9 Å². The molecule has 1 amide bonds. The molecule has 0 spiro atoms. The number of nitro groups is 1. The number of aryl methyl sites for hydroxylation is 1. The first-order chi connectivity index (χ1) is 16.4. The lowest BCUT2D eigenvalue weighted by atomic mass is 9.98. The van der Waals surface area contributed by atoms with E-state index in [2.05, 4.69) is 5.32 Å². The van der Waals surface area contributed by atoms with E-state index < -0.39 is 23.4 Å². The fourth-order valence-electron chi connectivity index (χ4n) is 3.79. The molecule has 1 aromatic heterocycles. The average Bonchev–Trinajstić information content (AvgIpc) is 2.83. The van der Waals surface area contributed by atoms with Crippen molar-refractivity contribution in [1.82, 2.24) is 4.98 Å². The van der Waals surface area contributed by atoms with E-state index in [4.69, 9.17) is 9.72 Å². The van der Waals surface area contributed by atoms with E-state index in [1.54, 1.807) is 32.0 Å². The van der Waals surface area contributed by atoms with E-state index in [0.29, 0.717) is 33.3 Å². The van der Waals surface area contributed by atoms with Crippen LogP contribution in [0.1, 0.15) is 21.5 Å². The number of amides is 1. The van der Waals surface area contributed by atoms with Crippen LogP contribution >= 0.6 is 0 Å². The second-order valence-corrected chi connectivity index (χ2v) is 7.69. The number of para-hydroxylation sites is 2. The number of carbonyl (C=O) groups excluding carboxylic acids is 2. The lowest BCUT2D eigenvalue weighted by Crippen LogP contribution is -2.22. The van der Waals surface area contributed by atoms with Crippen molar-refractivity contribution in [2.24, 2.45) is 0 Å². The van der Waals surface area contributed by atoms with Crippen LogP contribution in [0.4, 0.5) is 11.4 Å². The van der Waals surface area contributed by atoms with Crippen LogP contribution in [0.2, 0.25) is 0 Å². The third kappa shape index (κ3) is 4.47. The van der Waals surface area contributed by atoms with E-state index >= 15 is 0 Å². The Labute approximate surface area is 195 Å². The van der Waals surface area contributed by atoms with Crippen LogP contribution in [-0.4, -0.2) is 28.4 Å². The van der Waals surface area contributed by atoms with Gasteiger partial charge in [0.25, 0.3) is 11.6 Å². The molecule has 1 heterocycles. The maximum atomic E-state index is 13.1. The zero-order valence-electron chi connectivity index (χ0n) is 18.6. The summed E-state index contributed by atoms with van der Waals surface area (Å²) in [5, 5.41) is 14.4. The Kier molecular flexibility index (Phi) is 6.31. The van der Waals surface area contributed by atoms with E-state index in [0.717, 1.165) is 5.56 Å². The zero-order chi connectivity index (χ0) is 24.2. The summed E-state index contributed by atoms with van der Waals surface area (Å²) in [6.07, 6.45) is 0. The number of ether oxygens (including phenoxy) is 1. The summed E-state index contributed by atoms with van der Waals surface area (Å²) in [6, 6.07) is 21.2. The Balaban J connectivity index is 1.61. The maximum absolute atomic E-state index is 13.1. The van der Waals surface area contributed by atoms with Gasteiger partial charge in [-0.15, -0.1) is 0 Å². The first kappa shape index (κ1) is 22.6. The summed E-state index contributed by atoms with van der Waals surface area (Å²) < 4.78 is 5.33. The average molecular weight is 455 g/mol. The molecule has 0 saturated carbocycles. The Hall–Kier alpha value is -4.59. The number of nitro benzene ring substituents is 1. The number of carbonyl (C=O) groups is 2. The van der Waals surface area contributed by atoms with Gasteiger partial charge < -0.3 is 10.1 Å². The van der Waals surface area contributed by atoms with Gasteiger partial charge in [0.05, 0.1) is 21.7 Å². The summed E-state index contributed by atoms with van der Waals surface area (Å²) in [5.41, 5.74) is 3.43. The van der Waals surface area contributed by atoms with Gasteiger partial charge in [-0.25, -0.2) is 9.78 Å². The van der Waals surface area contributed by atoms with Gasteiger partial charge in [0.15, 0.2) is 6.61 Å². The Morgan fingerprint density at radius 2 is 1.68 bits per heavy atom. The summed E-state index contributed by atoms with van der Waals surface area (Å²) in [6.45, 7) is 2.84. The second-order valence-electron chi connectivity index (χ2n) is 7.69. The molecule has 8 heteroatoms. The van der Waals surface area contributed by atoms with E-state index in [1.807, 2.05) is 42.5 Å². The molecule has 8 nitrogen and oxygen atoms in total. The molecule has 0 unspecified atom stereocenters. The molecule has 3 aromatic carbocycles. The van der Waals surface area contributed by atoms with Gasteiger partial charge in [-0.05, 0) is 31.0 Å². The molecule has 0 atom stereocenters. The minimum absolute atomic E-state index is 0.0745. The number of aromatic nitrogens is 1. The van der Waals surface area contributed by atoms with Crippen molar-refractivity contribution >= 4 is 34.2 Å². The minimum Gasteiger partial charge on any atom is -0.452 e. The molecule has 0 aliphatic rings. The fraction of sp³-hybridized carbons (Fsp3) is 0.115. The first-order valence-electron chi connectivity index (χ1n) is 10.5. The summed E-state index contributed by atoms with van der Waals surface area (Å²) >= 11 is 0. The Morgan fingerprint density at radius 3 is 2.41 bits per heavy atom. The van der Waals surface area contributed by atoms with Crippen LogP contribution in [0.5, 0.6) is 0 Å². The number of hydrogen-bond donors (Lipinski definition) is 1. The van der Waals surface area contributed by atoms with Gasteiger partial charge in [-0.3, -0.25) is 14.9 Å². The molecule has 0 aliphatic heterocycles. The fourth-order valence-corrected chi connectivity index (χ4v) is 3.79. The highest BCUT2D eigenvalue weighted by Gasteiger charge is 2.22. The number of nitrogens with zero attached hydrogens (tertiary/aromatic N) is 2. The number of hydrogen-bond acceptors (Lipinski definition) is 6. The topological polar surface area (TPSA) is 111 Å². The SMILES string of the molecule is Cc1cccc([N+](=O)[O-])c1NC(=O)COC(=O)c1c(C)c(-c2ccccc2)nc2ccccc12. The van der Waals surface area contributed by atoms with E-state index in [-0.39, 0.29) is 11.4 Å². The lowest BCUT2D eigenvalue weighted by Gasteiger charge is -2.14. The smallest absolute Gasteiger partial charge is 0.339 e. The van der Waals surface area contributed by atoms with Crippen molar-refractivity contribution in [3.63, 3.8) is 0 Å². The summed E-state index contributed by atoms with van der Waals surface area (Å²) in [7, 11) is 0. The predicted octanol–water partition coefficient (Wildman–Crippen LogP) is 5.22. The molecule has 0 bridgehead atoms. The molecule has 0 saturated heterocycles. The van der Waals surface area contributed by atoms with Crippen LogP contribution in [0.3, 0.4) is 0 Å². The van der Waals surface area contributed by atoms with Crippen LogP contribution in [0.25, 0.3) is 22.2 Å². The monoisotopic (exact) mass is 455 g/mol. The van der Waals surface area contributed by atoms with Gasteiger partial charge in [-0.1, -0.05) is 60.7 Å². The van der Waals surface area contributed by atoms with Crippen LogP contribution < -0.4 is 5.32 Å². The molecule has 0 radical (unpaired) electrons. The number of pyridine rings is 1. The van der Waals surface area contributed by atoms with E-state index in [9.17, 15) is 19.7 Å². The molecule has 4 rings (SSSR count). The highest BCUT2D eigenvalue weighted by molar-refractivity contribution is 6.07. The Bertz CT molecular complexity index is 1420. The summed E-state index contributed by atoms with van der Waals surface area (Å²) in [4.78, 5) is 41.0. The lowest BCUT2D eigenvalue weighted by molar-refractivity contribution is -0.384. The minimum atomic E-state index is -0.678. The molecule has 1 N–H and O–H groups in total. The van der Waals surface area contributed by atoms with Crippen LogP contribution in [-0.2, 0) is 9.53 Å². The number of anilines is 1. The van der Waals surface area contributed by atoms with Crippen molar-refractivity contribution in [1.29, 1.82) is 0 Å². The van der Waals surface area contributed by atoms with Gasteiger partial charge in [0, 0.05) is 17.0 Å². The van der Waals surface area contributed by atoms with Gasteiger partial charge in [0.2, 0.25) is 0 Å². The van der Waals surface area contributed by atoms with Crippen LogP contribution in [0.15, 0.2) is 72.8 Å². The molecule has 4 aromatic rings. The number of esters is 1. The van der Waals surface area contributed by atoms with Crippen LogP contribution in [0, 0.1) is 24.0 Å².